The van der Waals surface area contributed by atoms with Gasteiger partial charge in [0.15, 0.2) is 0 Å². The summed E-state index contributed by atoms with van der Waals surface area (Å²) < 4.78 is 40.3. The Hall–Kier alpha value is -0.980. The van der Waals surface area contributed by atoms with E-state index in [1.54, 1.807) is 0 Å². The Morgan fingerprint density at radius 2 is 2.16 bits per heavy atom. The smallest absolute Gasteiger partial charge is 0.243 e. The minimum atomic E-state index is -3.76. The normalized spacial score (nSPS) is 20.8. The van der Waals surface area contributed by atoms with Crippen molar-refractivity contribution in [3.8, 4) is 0 Å². The van der Waals surface area contributed by atoms with Crippen LogP contribution < -0.4 is 4.72 Å². The number of hydrogen-bond donors (Lipinski definition) is 1. The fraction of sp³-hybridized carbons (Fsp3) is 0.538. The third-order valence-corrected chi connectivity index (χ3v) is 4.81. The minimum Gasteiger partial charge on any atom is -0.302 e. The molecule has 6 heteroatoms. The first-order valence-corrected chi connectivity index (χ1v) is 8.00. The number of nitrogens with zero attached hydrogens (tertiary/aromatic N) is 1. The fourth-order valence-electron chi connectivity index (χ4n) is 2.39. The van der Waals surface area contributed by atoms with Crippen LogP contribution in [-0.4, -0.2) is 39.0 Å². The molecule has 1 aliphatic heterocycles. The highest BCUT2D eigenvalue weighted by Crippen LogP contribution is 2.16. The topological polar surface area (TPSA) is 49.4 Å². The van der Waals surface area contributed by atoms with Crippen LogP contribution in [-0.2, 0) is 10.0 Å². The number of nitrogens with one attached hydrogen (secondary N) is 1. The van der Waals surface area contributed by atoms with Gasteiger partial charge in [-0.25, -0.2) is 17.5 Å². The van der Waals surface area contributed by atoms with E-state index in [1.165, 1.54) is 18.2 Å². The van der Waals surface area contributed by atoms with Crippen LogP contribution in [0.4, 0.5) is 4.39 Å². The van der Waals surface area contributed by atoms with Crippen molar-refractivity contribution in [3.05, 3.63) is 30.1 Å². The maximum Gasteiger partial charge on any atom is 0.243 e. The van der Waals surface area contributed by atoms with Gasteiger partial charge in [-0.1, -0.05) is 19.1 Å². The van der Waals surface area contributed by atoms with E-state index in [4.69, 9.17) is 0 Å². The summed E-state index contributed by atoms with van der Waals surface area (Å²) >= 11 is 0. The predicted molar refractivity (Wildman–Crippen MR) is 71.9 cm³/mol. The molecular formula is C13H19FN2O2S. The first-order valence-electron chi connectivity index (χ1n) is 6.52. The molecule has 1 atom stereocenters. The first kappa shape index (κ1) is 14.4. The molecule has 1 aromatic carbocycles. The predicted octanol–water partition coefficient (Wildman–Crippen LogP) is 1.59. The van der Waals surface area contributed by atoms with Crippen molar-refractivity contribution in [3.63, 3.8) is 0 Å². The summed E-state index contributed by atoms with van der Waals surface area (Å²) in [5.41, 5.74) is 0. The summed E-state index contributed by atoms with van der Waals surface area (Å²) in [5, 5.41) is 0. The lowest BCUT2D eigenvalue weighted by Crippen LogP contribution is -2.37. The van der Waals surface area contributed by atoms with Crippen LogP contribution in [0.15, 0.2) is 29.2 Å². The molecule has 106 valence electrons. The van der Waals surface area contributed by atoms with Crippen molar-refractivity contribution in [2.24, 2.45) is 0 Å². The van der Waals surface area contributed by atoms with E-state index in [2.05, 4.69) is 16.5 Å². The van der Waals surface area contributed by atoms with E-state index in [9.17, 15) is 12.8 Å². The molecule has 0 radical (unpaired) electrons. The Balaban J connectivity index is 2.05. The molecule has 0 spiro atoms. The third-order valence-electron chi connectivity index (χ3n) is 3.26. The largest absolute Gasteiger partial charge is 0.302 e. The van der Waals surface area contributed by atoms with Crippen molar-refractivity contribution in [2.45, 2.75) is 30.7 Å². The standard InChI is InChI=1S/C13H19FN2O2S/c1-2-8-16-9-7-11(10-16)15-19(17,18)13-6-4-3-5-12(13)14/h3-6,11,15H,2,7-10H2,1H3. The zero-order valence-electron chi connectivity index (χ0n) is 11.0. The summed E-state index contributed by atoms with van der Waals surface area (Å²) in [4.78, 5) is 1.94. The number of sulfonamides is 1. The van der Waals surface area contributed by atoms with Crippen LogP contribution in [0.25, 0.3) is 0 Å². The van der Waals surface area contributed by atoms with Crippen LogP contribution in [0.2, 0.25) is 0 Å². The molecule has 2 rings (SSSR count). The molecule has 1 N–H and O–H groups in total. The molecule has 1 unspecified atom stereocenters. The molecule has 1 aromatic rings. The first-order chi connectivity index (χ1) is 9.03. The van der Waals surface area contributed by atoms with E-state index in [-0.39, 0.29) is 10.9 Å². The van der Waals surface area contributed by atoms with E-state index in [0.717, 1.165) is 32.0 Å². The second-order valence-corrected chi connectivity index (χ2v) is 6.52. The monoisotopic (exact) mass is 286 g/mol. The van der Waals surface area contributed by atoms with E-state index < -0.39 is 15.8 Å². The average molecular weight is 286 g/mol. The molecule has 1 heterocycles. The highest BCUT2D eigenvalue weighted by Gasteiger charge is 2.28. The van der Waals surface area contributed by atoms with Gasteiger partial charge < -0.3 is 4.90 Å². The molecule has 1 fully saturated rings. The second kappa shape index (κ2) is 5.98. The number of rotatable bonds is 5. The molecule has 4 nitrogen and oxygen atoms in total. The summed E-state index contributed by atoms with van der Waals surface area (Å²) in [5.74, 6) is -0.710. The van der Waals surface area contributed by atoms with Crippen molar-refractivity contribution in [1.29, 1.82) is 0 Å². The zero-order valence-corrected chi connectivity index (χ0v) is 11.8. The van der Waals surface area contributed by atoms with Gasteiger partial charge in [-0.15, -0.1) is 0 Å². The number of hydrogen-bond acceptors (Lipinski definition) is 3. The van der Waals surface area contributed by atoms with Crippen LogP contribution in [0.5, 0.6) is 0 Å². The molecular weight excluding hydrogens is 267 g/mol. The van der Waals surface area contributed by atoms with Gasteiger partial charge in [-0.2, -0.15) is 0 Å². The summed E-state index contributed by atoms with van der Waals surface area (Å²) in [6, 6.07) is 5.32. The fourth-order valence-corrected chi connectivity index (χ4v) is 3.73. The van der Waals surface area contributed by atoms with Crippen molar-refractivity contribution >= 4 is 10.0 Å². The Morgan fingerprint density at radius 1 is 1.42 bits per heavy atom. The van der Waals surface area contributed by atoms with E-state index >= 15 is 0 Å². The van der Waals surface area contributed by atoms with Crippen LogP contribution in [0, 0.1) is 5.82 Å². The van der Waals surface area contributed by atoms with Crippen molar-refractivity contribution in [2.75, 3.05) is 19.6 Å². The average Bonchev–Trinajstić information content (AvgIpc) is 2.76. The van der Waals surface area contributed by atoms with E-state index in [0.29, 0.717) is 6.54 Å². The highest BCUT2D eigenvalue weighted by atomic mass is 32.2. The molecule has 0 bridgehead atoms. The third kappa shape index (κ3) is 3.52. The van der Waals surface area contributed by atoms with Gasteiger partial charge in [0.25, 0.3) is 0 Å². The van der Waals surface area contributed by atoms with Crippen LogP contribution >= 0.6 is 0 Å². The second-order valence-electron chi connectivity index (χ2n) is 4.84. The Labute approximate surface area is 113 Å². The number of halogens is 1. The summed E-state index contributed by atoms with van der Waals surface area (Å²) in [7, 11) is -3.76. The molecule has 19 heavy (non-hydrogen) atoms. The molecule has 1 aliphatic rings. The van der Waals surface area contributed by atoms with Gasteiger partial charge in [-0.3, -0.25) is 0 Å². The van der Waals surface area contributed by atoms with Gasteiger partial charge in [0.2, 0.25) is 10.0 Å². The zero-order chi connectivity index (χ0) is 13.9. The Kier molecular flexibility index (Phi) is 4.54. The minimum absolute atomic E-state index is 0.129. The van der Waals surface area contributed by atoms with Crippen LogP contribution in [0.3, 0.4) is 0 Å². The van der Waals surface area contributed by atoms with Gasteiger partial charge in [0.1, 0.15) is 10.7 Å². The molecule has 0 aliphatic carbocycles. The molecule has 1 saturated heterocycles. The lowest BCUT2D eigenvalue weighted by molar-refractivity contribution is 0.333. The number of benzene rings is 1. The molecule has 0 saturated carbocycles. The van der Waals surface area contributed by atoms with Gasteiger partial charge in [0, 0.05) is 12.6 Å². The lowest BCUT2D eigenvalue weighted by atomic mass is 10.3. The van der Waals surface area contributed by atoms with Gasteiger partial charge in [-0.05, 0) is 38.1 Å². The summed E-state index contributed by atoms with van der Waals surface area (Å²) in [6.45, 7) is 4.65. The van der Waals surface area contributed by atoms with E-state index in [1.807, 2.05) is 0 Å². The lowest BCUT2D eigenvalue weighted by Gasteiger charge is -2.16. The highest BCUT2D eigenvalue weighted by molar-refractivity contribution is 7.89. The maximum atomic E-state index is 13.5. The summed E-state index contributed by atoms with van der Waals surface area (Å²) in [6.07, 6.45) is 1.82. The van der Waals surface area contributed by atoms with Crippen molar-refractivity contribution in [1.82, 2.24) is 9.62 Å². The number of likely N-dealkylation sites (tertiary alicyclic amines) is 1. The van der Waals surface area contributed by atoms with Crippen molar-refractivity contribution < 1.29 is 12.8 Å². The Morgan fingerprint density at radius 3 is 2.84 bits per heavy atom. The maximum absolute atomic E-state index is 13.5. The Bertz CT molecular complexity index is 533. The SMILES string of the molecule is CCCN1CCC(NS(=O)(=O)c2ccccc2F)C1. The van der Waals surface area contributed by atoms with Crippen LogP contribution in [0.1, 0.15) is 19.8 Å². The molecule has 0 aromatic heterocycles. The quantitative estimate of drug-likeness (QED) is 0.894. The molecule has 0 amide bonds. The van der Waals surface area contributed by atoms with Gasteiger partial charge >= 0.3 is 0 Å². The van der Waals surface area contributed by atoms with Gasteiger partial charge in [0.05, 0.1) is 0 Å².